The number of benzene rings is 1. The van der Waals surface area contributed by atoms with Gasteiger partial charge in [-0.2, -0.15) is 0 Å². The zero-order chi connectivity index (χ0) is 20.8. The van der Waals surface area contributed by atoms with E-state index in [0.717, 1.165) is 11.1 Å². The van der Waals surface area contributed by atoms with Gasteiger partial charge in [0, 0.05) is 18.9 Å². The van der Waals surface area contributed by atoms with E-state index in [9.17, 15) is 9.59 Å². The van der Waals surface area contributed by atoms with Crippen molar-refractivity contribution in [2.45, 2.75) is 19.4 Å². The second kappa shape index (κ2) is 13.4. The Morgan fingerprint density at radius 2 is 1.93 bits per heavy atom. The number of hydrogen-bond acceptors (Lipinski definition) is 6. The van der Waals surface area contributed by atoms with Gasteiger partial charge >= 0.3 is 5.97 Å². The Kier molecular flexibility index (Phi) is 11.1. The van der Waals surface area contributed by atoms with Crippen molar-refractivity contribution in [3.8, 4) is 0 Å². The Bertz CT molecular complexity index is 723. The molecule has 0 aliphatic carbocycles. The minimum atomic E-state index is -0.525. The normalized spacial score (nSPS) is 11.0. The van der Waals surface area contributed by atoms with Crippen molar-refractivity contribution < 1.29 is 14.3 Å². The van der Waals surface area contributed by atoms with Crippen molar-refractivity contribution in [2.24, 2.45) is 0 Å². The van der Waals surface area contributed by atoms with Crippen LogP contribution in [0.5, 0.6) is 0 Å². The molecule has 0 saturated carbocycles. The van der Waals surface area contributed by atoms with E-state index < -0.39 is 12.0 Å². The predicted molar refractivity (Wildman–Crippen MR) is 110 cm³/mol. The summed E-state index contributed by atoms with van der Waals surface area (Å²) < 4.78 is 4.74. The molecule has 0 fully saturated rings. The molecule has 2 rings (SSSR count). The SMILES string of the molecule is CCNC(C(=O)NCCc1cccnc1)c1cccc(C(=O)OC)c1.CNC. The van der Waals surface area contributed by atoms with Crippen molar-refractivity contribution in [1.82, 2.24) is 20.9 Å². The van der Waals surface area contributed by atoms with Gasteiger partial charge < -0.3 is 20.7 Å². The third-order valence-electron chi connectivity index (χ3n) is 3.75. The Labute approximate surface area is 166 Å². The molecule has 7 nitrogen and oxygen atoms in total. The number of carbonyl (C=O) groups is 2. The van der Waals surface area contributed by atoms with Gasteiger partial charge in [0.2, 0.25) is 5.91 Å². The van der Waals surface area contributed by atoms with Crippen LogP contribution in [0.3, 0.4) is 0 Å². The van der Waals surface area contributed by atoms with E-state index in [0.29, 0.717) is 25.1 Å². The van der Waals surface area contributed by atoms with Crippen LogP contribution in [-0.4, -0.2) is 51.2 Å². The lowest BCUT2D eigenvalue weighted by atomic mass is 10.0. The second-order valence-electron chi connectivity index (χ2n) is 6.01. The molecule has 0 radical (unpaired) electrons. The molecule has 1 aromatic carbocycles. The van der Waals surface area contributed by atoms with Gasteiger partial charge in [-0.3, -0.25) is 9.78 Å². The average Bonchev–Trinajstić information content (AvgIpc) is 2.72. The van der Waals surface area contributed by atoms with E-state index in [1.54, 1.807) is 30.6 Å². The number of amides is 1. The maximum absolute atomic E-state index is 12.6. The van der Waals surface area contributed by atoms with E-state index in [-0.39, 0.29) is 5.91 Å². The number of esters is 1. The second-order valence-corrected chi connectivity index (χ2v) is 6.01. The quantitative estimate of drug-likeness (QED) is 0.598. The van der Waals surface area contributed by atoms with Crippen LogP contribution >= 0.6 is 0 Å². The predicted octanol–water partition coefficient (Wildman–Crippen LogP) is 1.71. The largest absolute Gasteiger partial charge is 0.465 e. The summed E-state index contributed by atoms with van der Waals surface area (Å²) >= 11 is 0. The lowest BCUT2D eigenvalue weighted by Gasteiger charge is -2.18. The zero-order valence-corrected chi connectivity index (χ0v) is 17.0. The van der Waals surface area contributed by atoms with Crippen molar-refractivity contribution >= 4 is 11.9 Å². The van der Waals surface area contributed by atoms with Gasteiger partial charge in [-0.05, 0) is 56.4 Å². The maximum atomic E-state index is 12.6. The summed E-state index contributed by atoms with van der Waals surface area (Å²) in [5.41, 5.74) is 2.21. The molecule has 1 amide bonds. The van der Waals surface area contributed by atoms with E-state index in [1.807, 2.05) is 39.2 Å². The third-order valence-corrected chi connectivity index (χ3v) is 3.75. The van der Waals surface area contributed by atoms with Crippen LogP contribution in [0.25, 0.3) is 0 Å². The number of likely N-dealkylation sites (N-methyl/N-ethyl adjacent to an activating group) is 1. The number of ether oxygens (including phenoxy) is 1. The molecule has 1 aromatic heterocycles. The lowest BCUT2D eigenvalue weighted by molar-refractivity contribution is -0.123. The highest BCUT2D eigenvalue weighted by Gasteiger charge is 2.20. The fourth-order valence-corrected chi connectivity index (χ4v) is 2.51. The van der Waals surface area contributed by atoms with Gasteiger partial charge in [-0.15, -0.1) is 0 Å². The summed E-state index contributed by atoms with van der Waals surface area (Å²) in [6.07, 6.45) is 4.21. The summed E-state index contributed by atoms with van der Waals surface area (Å²) in [5.74, 6) is -0.554. The molecule has 3 N–H and O–H groups in total. The first-order valence-electron chi connectivity index (χ1n) is 9.24. The first-order valence-corrected chi connectivity index (χ1v) is 9.24. The van der Waals surface area contributed by atoms with Gasteiger partial charge in [0.15, 0.2) is 0 Å². The van der Waals surface area contributed by atoms with Crippen LogP contribution in [0.4, 0.5) is 0 Å². The average molecular weight is 386 g/mol. The molecule has 2 aromatic rings. The number of hydrogen-bond donors (Lipinski definition) is 3. The number of rotatable bonds is 8. The van der Waals surface area contributed by atoms with Crippen LogP contribution in [0.15, 0.2) is 48.8 Å². The number of aromatic nitrogens is 1. The Hall–Kier alpha value is -2.77. The number of carbonyl (C=O) groups excluding carboxylic acids is 2. The minimum Gasteiger partial charge on any atom is -0.465 e. The highest BCUT2D eigenvalue weighted by molar-refractivity contribution is 5.90. The molecule has 0 bridgehead atoms. The topological polar surface area (TPSA) is 92.4 Å². The Morgan fingerprint density at radius 3 is 2.54 bits per heavy atom. The van der Waals surface area contributed by atoms with Crippen LogP contribution in [0, 0.1) is 0 Å². The molecular formula is C21H30N4O3. The van der Waals surface area contributed by atoms with Crippen LogP contribution in [0.1, 0.15) is 34.5 Å². The summed E-state index contributed by atoms with van der Waals surface area (Å²) in [4.78, 5) is 28.3. The molecule has 28 heavy (non-hydrogen) atoms. The van der Waals surface area contributed by atoms with Crippen LogP contribution in [0.2, 0.25) is 0 Å². The third kappa shape index (κ3) is 7.85. The monoisotopic (exact) mass is 386 g/mol. The fourth-order valence-electron chi connectivity index (χ4n) is 2.51. The van der Waals surface area contributed by atoms with E-state index in [4.69, 9.17) is 4.74 Å². The van der Waals surface area contributed by atoms with Crippen molar-refractivity contribution in [3.63, 3.8) is 0 Å². The van der Waals surface area contributed by atoms with E-state index >= 15 is 0 Å². The highest BCUT2D eigenvalue weighted by Crippen LogP contribution is 2.16. The summed E-state index contributed by atoms with van der Waals surface area (Å²) in [6, 6.07) is 10.2. The highest BCUT2D eigenvalue weighted by atomic mass is 16.5. The smallest absolute Gasteiger partial charge is 0.337 e. The van der Waals surface area contributed by atoms with Crippen LogP contribution < -0.4 is 16.0 Å². The first kappa shape index (κ1) is 23.3. The fraction of sp³-hybridized carbons (Fsp3) is 0.381. The summed E-state index contributed by atoms with van der Waals surface area (Å²) in [7, 11) is 5.09. The molecule has 1 atom stereocenters. The van der Waals surface area contributed by atoms with Crippen molar-refractivity contribution in [3.05, 3.63) is 65.5 Å². The molecule has 1 heterocycles. The lowest BCUT2D eigenvalue weighted by Crippen LogP contribution is -2.38. The standard InChI is InChI=1S/C19H23N3O3.C2H7N/c1-3-21-17(15-7-4-8-16(12-15)19(24)25-2)18(23)22-11-9-14-6-5-10-20-13-14;1-3-2/h4-8,10,12-13,17,21H,3,9,11H2,1-2H3,(H,22,23);3H,1-2H3. The summed E-state index contributed by atoms with van der Waals surface area (Å²) in [6.45, 7) is 3.08. The first-order chi connectivity index (χ1) is 13.6. The number of methoxy groups -OCH3 is 1. The van der Waals surface area contributed by atoms with Gasteiger partial charge in [-0.1, -0.05) is 25.1 Å². The summed E-state index contributed by atoms with van der Waals surface area (Å²) in [5, 5.41) is 8.84. The number of pyridine rings is 1. The van der Waals surface area contributed by atoms with Gasteiger partial charge in [-0.25, -0.2) is 4.79 Å². The van der Waals surface area contributed by atoms with Gasteiger partial charge in [0.25, 0.3) is 0 Å². The number of nitrogens with zero attached hydrogens (tertiary/aromatic N) is 1. The Balaban J connectivity index is 0.00000122. The zero-order valence-electron chi connectivity index (χ0n) is 17.0. The molecule has 0 aliphatic rings. The molecule has 1 unspecified atom stereocenters. The molecular weight excluding hydrogens is 356 g/mol. The van der Waals surface area contributed by atoms with Crippen molar-refractivity contribution in [1.29, 1.82) is 0 Å². The Morgan fingerprint density at radius 1 is 1.18 bits per heavy atom. The molecule has 0 spiro atoms. The van der Waals surface area contributed by atoms with Gasteiger partial charge in [0.1, 0.15) is 6.04 Å². The molecule has 152 valence electrons. The maximum Gasteiger partial charge on any atom is 0.337 e. The van der Waals surface area contributed by atoms with E-state index in [2.05, 4.69) is 20.9 Å². The van der Waals surface area contributed by atoms with Gasteiger partial charge in [0.05, 0.1) is 12.7 Å². The van der Waals surface area contributed by atoms with Crippen LogP contribution in [-0.2, 0) is 16.0 Å². The minimum absolute atomic E-state index is 0.132. The molecule has 0 aliphatic heterocycles. The van der Waals surface area contributed by atoms with E-state index in [1.165, 1.54) is 7.11 Å². The van der Waals surface area contributed by atoms with Crippen molar-refractivity contribution in [2.75, 3.05) is 34.3 Å². The molecule has 0 saturated heterocycles. The molecule has 7 heteroatoms. The number of nitrogens with one attached hydrogen (secondary N) is 3.